The van der Waals surface area contributed by atoms with Gasteiger partial charge in [0.25, 0.3) is 0 Å². The van der Waals surface area contributed by atoms with Crippen molar-refractivity contribution in [2.75, 3.05) is 5.32 Å². The normalized spacial score (nSPS) is 19.9. The maximum atomic E-state index is 12.9. The molecular weight excluding hydrogens is 369 g/mol. The fourth-order valence-electron chi connectivity index (χ4n) is 3.08. The van der Waals surface area contributed by atoms with Gasteiger partial charge in [-0.3, -0.25) is 4.79 Å². The molecule has 2 unspecified atom stereocenters. The van der Waals surface area contributed by atoms with Gasteiger partial charge < -0.3 is 11.1 Å². The first-order valence-corrected chi connectivity index (χ1v) is 8.05. The average Bonchev–Trinajstić information content (AvgIpc) is 3.12. The van der Waals surface area contributed by atoms with Gasteiger partial charge in [0.15, 0.2) is 0 Å². The number of aryl methyl sites for hydroxylation is 1. The molecule has 3 N–H and O–H groups in total. The van der Waals surface area contributed by atoms with Crippen LogP contribution >= 0.6 is 12.4 Å². The average molecular weight is 389 g/mol. The highest BCUT2D eigenvalue weighted by atomic mass is 35.5. The largest absolute Gasteiger partial charge is 0.416 e. The van der Waals surface area contributed by atoms with Crippen LogP contribution in [0.15, 0.2) is 30.3 Å². The number of nitrogens with one attached hydrogen (secondary N) is 1. The second kappa shape index (κ2) is 7.67. The number of hydrogen-bond acceptors (Lipinski definition) is 3. The van der Waals surface area contributed by atoms with Crippen molar-refractivity contribution in [1.29, 1.82) is 0 Å². The molecule has 1 heterocycles. The van der Waals surface area contributed by atoms with Crippen molar-refractivity contribution in [1.82, 2.24) is 9.78 Å². The predicted molar refractivity (Wildman–Crippen MR) is 94.5 cm³/mol. The van der Waals surface area contributed by atoms with Gasteiger partial charge in [-0.25, -0.2) is 4.68 Å². The maximum absolute atomic E-state index is 12.9. The molecule has 5 nitrogen and oxygen atoms in total. The Morgan fingerprint density at radius 1 is 1.31 bits per heavy atom. The third-order valence-corrected chi connectivity index (χ3v) is 4.34. The van der Waals surface area contributed by atoms with Crippen molar-refractivity contribution in [3.63, 3.8) is 0 Å². The summed E-state index contributed by atoms with van der Waals surface area (Å²) >= 11 is 0. The molecule has 1 aromatic heterocycles. The summed E-state index contributed by atoms with van der Waals surface area (Å²) in [5, 5.41) is 6.98. The minimum Gasteiger partial charge on any atom is -0.328 e. The summed E-state index contributed by atoms with van der Waals surface area (Å²) in [6.07, 6.45) is -2.32. The number of aromatic nitrogens is 2. The molecular formula is C17H20ClF3N4O. The second-order valence-corrected chi connectivity index (χ2v) is 6.39. The van der Waals surface area contributed by atoms with Gasteiger partial charge in [0.05, 0.1) is 16.9 Å². The lowest BCUT2D eigenvalue weighted by Crippen LogP contribution is -2.24. The number of alkyl halides is 3. The summed E-state index contributed by atoms with van der Waals surface area (Å²) in [7, 11) is 0. The Balaban J connectivity index is 0.00000243. The second-order valence-electron chi connectivity index (χ2n) is 6.39. The molecule has 142 valence electrons. The molecule has 3 rings (SSSR count). The third-order valence-electron chi connectivity index (χ3n) is 4.34. The Morgan fingerprint density at radius 3 is 2.65 bits per heavy atom. The minimum absolute atomic E-state index is 0. The lowest BCUT2D eigenvalue weighted by molar-refractivity contribution is -0.137. The van der Waals surface area contributed by atoms with E-state index in [9.17, 15) is 18.0 Å². The smallest absolute Gasteiger partial charge is 0.328 e. The van der Waals surface area contributed by atoms with Crippen LogP contribution in [0.1, 0.15) is 30.5 Å². The van der Waals surface area contributed by atoms with Gasteiger partial charge in [-0.1, -0.05) is 6.07 Å². The number of rotatable bonds is 3. The van der Waals surface area contributed by atoms with E-state index in [1.54, 1.807) is 13.0 Å². The van der Waals surface area contributed by atoms with Crippen LogP contribution in [0.3, 0.4) is 0 Å². The van der Waals surface area contributed by atoms with Crippen LogP contribution in [-0.2, 0) is 11.0 Å². The van der Waals surface area contributed by atoms with E-state index in [4.69, 9.17) is 5.73 Å². The summed E-state index contributed by atoms with van der Waals surface area (Å²) in [5.41, 5.74) is 5.90. The van der Waals surface area contributed by atoms with E-state index in [1.807, 2.05) is 0 Å². The highest BCUT2D eigenvalue weighted by molar-refractivity contribution is 5.92. The van der Waals surface area contributed by atoms with Gasteiger partial charge in [-0.2, -0.15) is 18.3 Å². The summed E-state index contributed by atoms with van der Waals surface area (Å²) in [5.74, 6) is -0.0106. The van der Waals surface area contributed by atoms with E-state index in [1.165, 1.54) is 16.8 Å². The van der Waals surface area contributed by atoms with E-state index in [0.717, 1.165) is 18.6 Å². The Bertz CT molecular complexity index is 791. The van der Waals surface area contributed by atoms with Crippen molar-refractivity contribution in [2.24, 2.45) is 11.7 Å². The number of benzene rings is 1. The molecule has 1 aromatic carbocycles. The molecule has 0 saturated heterocycles. The van der Waals surface area contributed by atoms with E-state index in [-0.39, 0.29) is 36.0 Å². The monoisotopic (exact) mass is 388 g/mol. The van der Waals surface area contributed by atoms with Crippen LogP contribution in [-0.4, -0.2) is 21.7 Å². The van der Waals surface area contributed by atoms with Crippen molar-refractivity contribution in [3.05, 3.63) is 41.6 Å². The molecule has 2 atom stereocenters. The van der Waals surface area contributed by atoms with Crippen LogP contribution in [0.5, 0.6) is 0 Å². The van der Waals surface area contributed by atoms with Crippen LogP contribution in [0, 0.1) is 12.8 Å². The van der Waals surface area contributed by atoms with Crippen molar-refractivity contribution >= 4 is 24.1 Å². The summed E-state index contributed by atoms with van der Waals surface area (Å²) in [6, 6.07) is 6.49. The lowest BCUT2D eigenvalue weighted by Gasteiger charge is -2.14. The first-order valence-electron chi connectivity index (χ1n) is 8.05. The van der Waals surface area contributed by atoms with E-state index < -0.39 is 11.7 Å². The molecule has 2 aromatic rings. The van der Waals surface area contributed by atoms with Gasteiger partial charge >= 0.3 is 6.18 Å². The molecule has 9 heteroatoms. The zero-order valence-electron chi connectivity index (χ0n) is 14.1. The number of carbonyl (C=O) groups is 1. The minimum atomic E-state index is -4.44. The molecule has 1 aliphatic rings. The SMILES string of the molecule is Cc1cc(NC(=O)C2CCC(N)C2)n(-c2cccc(C(F)(F)F)c2)n1.Cl. The van der Waals surface area contributed by atoms with Crippen molar-refractivity contribution < 1.29 is 18.0 Å². The number of nitrogens with two attached hydrogens (primary N) is 1. The zero-order valence-corrected chi connectivity index (χ0v) is 14.9. The number of anilines is 1. The Kier molecular flexibility index (Phi) is 5.98. The summed E-state index contributed by atoms with van der Waals surface area (Å²) in [6.45, 7) is 1.71. The Hall–Kier alpha value is -2.06. The first kappa shape index (κ1) is 20.3. The van der Waals surface area contributed by atoms with E-state index in [2.05, 4.69) is 10.4 Å². The quantitative estimate of drug-likeness (QED) is 0.842. The highest BCUT2D eigenvalue weighted by Crippen LogP contribution is 2.31. The highest BCUT2D eigenvalue weighted by Gasteiger charge is 2.31. The molecule has 26 heavy (non-hydrogen) atoms. The van der Waals surface area contributed by atoms with Gasteiger partial charge in [0.2, 0.25) is 5.91 Å². The molecule has 0 radical (unpaired) electrons. The molecule has 1 fully saturated rings. The Labute approximate surface area is 155 Å². The molecule has 0 bridgehead atoms. The topological polar surface area (TPSA) is 72.9 Å². The van der Waals surface area contributed by atoms with Crippen molar-refractivity contribution in [2.45, 2.75) is 38.4 Å². The molecule has 1 amide bonds. The number of amides is 1. The number of halogens is 4. The van der Waals surface area contributed by atoms with Crippen LogP contribution in [0.2, 0.25) is 0 Å². The Morgan fingerprint density at radius 2 is 2.04 bits per heavy atom. The van der Waals surface area contributed by atoms with E-state index in [0.29, 0.717) is 24.4 Å². The van der Waals surface area contributed by atoms with Crippen LogP contribution in [0.4, 0.5) is 19.0 Å². The number of carbonyl (C=O) groups excluding carboxylic acids is 1. The molecule has 0 spiro atoms. The third kappa shape index (κ3) is 4.37. The van der Waals surface area contributed by atoms with Crippen LogP contribution in [0.25, 0.3) is 5.69 Å². The number of nitrogens with zero attached hydrogens (tertiary/aromatic N) is 2. The van der Waals surface area contributed by atoms with Crippen molar-refractivity contribution in [3.8, 4) is 5.69 Å². The number of hydrogen-bond donors (Lipinski definition) is 2. The molecule has 1 aliphatic carbocycles. The van der Waals surface area contributed by atoms with Gasteiger partial charge in [-0.05, 0) is 44.4 Å². The molecule has 1 saturated carbocycles. The summed E-state index contributed by atoms with van der Waals surface area (Å²) in [4.78, 5) is 12.4. The first-order chi connectivity index (χ1) is 11.7. The fraction of sp³-hybridized carbons (Fsp3) is 0.412. The maximum Gasteiger partial charge on any atom is 0.416 e. The predicted octanol–water partition coefficient (Wildman–Crippen LogP) is 3.69. The molecule has 0 aliphatic heterocycles. The fourth-order valence-corrected chi connectivity index (χ4v) is 3.08. The van der Waals surface area contributed by atoms with Crippen LogP contribution < -0.4 is 11.1 Å². The van der Waals surface area contributed by atoms with Gasteiger partial charge in [0, 0.05) is 18.0 Å². The van der Waals surface area contributed by atoms with Gasteiger partial charge in [0.1, 0.15) is 5.82 Å². The lowest BCUT2D eigenvalue weighted by atomic mass is 10.1. The van der Waals surface area contributed by atoms with Gasteiger partial charge in [-0.15, -0.1) is 12.4 Å². The summed E-state index contributed by atoms with van der Waals surface area (Å²) < 4.78 is 40.1. The standard InChI is InChI=1S/C17H19F3N4O.ClH/c1-10-7-15(22-16(25)11-5-6-13(21)8-11)24(23-10)14-4-2-3-12(9-14)17(18,19)20;/h2-4,7,9,11,13H,5-6,8,21H2,1H3,(H,22,25);1H. The zero-order chi connectivity index (χ0) is 18.2. The van der Waals surface area contributed by atoms with E-state index >= 15 is 0 Å².